The van der Waals surface area contributed by atoms with Crippen LogP contribution in [0, 0.1) is 52.3 Å². The van der Waals surface area contributed by atoms with Crippen LogP contribution in [0.3, 0.4) is 0 Å². The standard InChI is InChI=1S/C43H64N2O10S2/c46-20-25-6-3-5-24(15-25)16-26-17-29-35(49)28-7-4-8-30-34(28)36(50)42(29,32(48)18-26)22-56-57-23-45-33-19-27(10-14-44-33)40(11-1-2-12-40)31-9-13-41(21-47)39(52)43(31,53)37(51)38(54-30)55-41/h17-18,24-25,27-31,33-34,37-39,44-48,51-53H,1-16,19-23H2/t24?,25?,27?,28?,29-,30?,31-,33?,34?,37-,38+,39+,41-,42-,43+/m0/s1. The summed E-state index contributed by atoms with van der Waals surface area (Å²) in [5, 5.41) is 77.7. The number of Topliss-reactive ketones (excluding diaryl/α,β-unsaturated/α-hetero) is 2. The number of hydrogen-bond donors (Lipinski definition) is 8. The van der Waals surface area contributed by atoms with E-state index in [0.717, 1.165) is 76.3 Å². The van der Waals surface area contributed by atoms with Gasteiger partial charge in [-0.3, -0.25) is 14.9 Å². The summed E-state index contributed by atoms with van der Waals surface area (Å²) in [6.45, 7) is 0.368. The third-order valence-corrected chi connectivity index (χ3v) is 19.1. The Bertz CT molecular complexity index is 1610. The van der Waals surface area contributed by atoms with Crippen molar-refractivity contribution in [2.45, 2.75) is 145 Å². The van der Waals surface area contributed by atoms with Crippen molar-refractivity contribution in [2.75, 3.05) is 31.4 Å². The van der Waals surface area contributed by atoms with Crippen molar-refractivity contribution in [3.63, 3.8) is 0 Å². The van der Waals surface area contributed by atoms with Crippen LogP contribution in [-0.4, -0.2) is 116 Å². The van der Waals surface area contributed by atoms with Gasteiger partial charge in [0.05, 0.1) is 36.6 Å². The number of carbonyl (C=O) groups excluding carboxylic acids is 2. The normalized spacial score (nSPS) is 48.7. The molecule has 14 heteroatoms. The van der Waals surface area contributed by atoms with E-state index in [9.17, 15) is 35.4 Å². The Hall–Kier alpha value is -1.04. The monoisotopic (exact) mass is 832 g/mol. The average Bonchev–Trinajstić information content (AvgIpc) is 3.72. The zero-order valence-electron chi connectivity index (χ0n) is 33.1. The third-order valence-electron chi connectivity index (χ3n) is 16.8. The van der Waals surface area contributed by atoms with Crippen molar-refractivity contribution in [2.24, 2.45) is 52.3 Å². The molecule has 15 atom stereocenters. The minimum absolute atomic E-state index is 0.00478. The van der Waals surface area contributed by atoms with Crippen LogP contribution in [0.5, 0.6) is 0 Å². The molecule has 3 aliphatic heterocycles. The first-order valence-electron chi connectivity index (χ1n) is 22.1. The van der Waals surface area contributed by atoms with Gasteiger partial charge in [0.25, 0.3) is 0 Å². The molecule has 0 aromatic heterocycles. The largest absolute Gasteiger partial charge is 0.511 e. The number of hydrogen-bond acceptors (Lipinski definition) is 14. The van der Waals surface area contributed by atoms with Crippen LogP contribution in [0.2, 0.25) is 0 Å². The van der Waals surface area contributed by atoms with E-state index in [1.54, 1.807) is 16.9 Å². The lowest BCUT2D eigenvalue weighted by molar-refractivity contribution is -0.405. The number of aliphatic hydroxyl groups is 6. The first-order valence-corrected chi connectivity index (χ1v) is 24.5. The number of carbonyl (C=O) groups is 2. The van der Waals surface area contributed by atoms with Crippen molar-refractivity contribution in [3.8, 4) is 0 Å². The molecular formula is C43H64N2O10S2. The Kier molecular flexibility index (Phi) is 11.6. The minimum atomic E-state index is -2.05. The lowest BCUT2D eigenvalue weighted by atomic mass is 9.50. The van der Waals surface area contributed by atoms with Crippen LogP contribution in [0.4, 0.5) is 0 Å². The van der Waals surface area contributed by atoms with Gasteiger partial charge < -0.3 is 45.4 Å². The Labute approximate surface area is 344 Å². The molecule has 0 amide bonds. The van der Waals surface area contributed by atoms with Crippen molar-refractivity contribution >= 4 is 33.2 Å². The van der Waals surface area contributed by atoms with E-state index in [2.05, 4.69) is 10.6 Å². The first-order chi connectivity index (χ1) is 27.5. The predicted octanol–water partition coefficient (Wildman–Crippen LogP) is 3.89. The summed E-state index contributed by atoms with van der Waals surface area (Å²) >= 11 is 0. The summed E-state index contributed by atoms with van der Waals surface area (Å²) in [6, 6.07) is 0. The number of allylic oxidation sites excluding steroid dienone is 4. The molecule has 7 bridgehead atoms. The molecule has 3 saturated heterocycles. The molecule has 0 aromatic carbocycles. The van der Waals surface area contributed by atoms with Crippen LogP contribution < -0.4 is 10.6 Å². The summed E-state index contributed by atoms with van der Waals surface area (Å²) in [7, 11) is 3.08. The average molecular weight is 833 g/mol. The highest BCUT2D eigenvalue weighted by Gasteiger charge is 2.72. The van der Waals surface area contributed by atoms with Crippen LogP contribution in [-0.2, 0) is 19.1 Å². The van der Waals surface area contributed by atoms with Crippen molar-refractivity contribution in [1.29, 1.82) is 0 Å². The first kappa shape index (κ1) is 41.3. The fourth-order valence-corrected chi connectivity index (χ4v) is 16.4. The van der Waals surface area contributed by atoms with E-state index in [4.69, 9.17) is 9.47 Å². The van der Waals surface area contributed by atoms with Crippen molar-refractivity contribution < 1.29 is 49.7 Å². The van der Waals surface area contributed by atoms with Gasteiger partial charge in [-0.1, -0.05) is 59.8 Å². The molecule has 0 aromatic rings. The van der Waals surface area contributed by atoms with Gasteiger partial charge in [-0.15, -0.1) is 0 Å². The second-order valence-corrected chi connectivity index (χ2v) is 21.9. The van der Waals surface area contributed by atoms with Gasteiger partial charge in [0.1, 0.15) is 40.4 Å². The quantitative estimate of drug-likeness (QED) is 0.190. The van der Waals surface area contributed by atoms with E-state index in [1.807, 2.05) is 6.08 Å². The Morgan fingerprint density at radius 2 is 1.68 bits per heavy atom. The highest BCUT2D eigenvalue weighted by molar-refractivity contribution is 8.76. The molecule has 9 rings (SSSR count). The zero-order chi connectivity index (χ0) is 39.7. The number of ketones is 2. The summed E-state index contributed by atoms with van der Waals surface area (Å²) in [5.74, 6) is -1.72. The minimum Gasteiger partial charge on any atom is -0.511 e. The number of ether oxygens (including phenoxy) is 2. The summed E-state index contributed by atoms with van der Waals surface area (Å²) in [5.41, 5.74) is -4.59. The smallest absolute Gasteiger partial charge is 0.187 e. The maximum absolute atomic E-state index is 15.4. The second kappa shape index (κ2) is 16.0. The number of piperidine rings is 1. The van der Waals surface area contributed by atoms with Gasteiger partial charge in [-0.05, 0) is 118 Å². The fourth-order valence-electron chi connectivity index (χ4n) is 14.0. The van der Waals surface area contributed by atoms with Gasteiger partial charge in [-0.25, -0.2) is 0 Å². The number of nitrogens with one attached hydrogen (secondary N) is 2. The Balaban J connectivity index is 1.09. The Morgan fingerprint density at radius 3 is 2.47 bits per heavy atom. The molecule has 6 aliphatic carbocycles. The van der Waals surface area contributed by atoms with E-state index < -0.39 is 71.5 Å². The number of fused-ring (bicyclic) bond motifs is 6. The molecule has 2 spiro atoms. The second-order valence-electron chi connectivity index (χ2n) is 19.4. The molecule has 318 valence electrons. The summed E-state index contributed by atoms with van der Waals surface area (Å²) < 4.78 is 13.2. The maximum atomic E-state index is 15.4. The molecule has 5 saturated carbocycles. The van der Waals surface area contributed by atoms with Gasteiger partial charge >= 0.3 is 0 Å². The molecule has 7 unspecified atom stereocenters. The fraction of sp³-hybridized carbons (Fsp3) is 0.860. The molecular weight excluding hydrogens is 769 g/mol. The van der Waals surface area contributed by atoms with Crippen LogP contribution >= 0.6 is 21.6 Å². The van der Waals surface area contributed by atoms with E-state index in [1.165, 1.54) is 10.8 Å². The molecule has 8 fully saturated rings. The SMILES string of the molecule is O=C1C2CCCC3O[C@@H]4O[C@]5(CO)CC[C@@H](C6(CCCC6)C6CCNC(C6)NCSSC[C@@]6(C(=O)C32)C(O)=CC(CC2CCCC(CO)C2)=C[C@@H]16)[C@](O)([C@@H]5O)[C@H]4O. The Morgan fingerprint density at radius 1 is 0.895 bits per heavy atom. The lowest BCUT2D eigenvalue weighted by Gasteiger charge is -2.64. The summed E-state index contributed by atoms with van der Waals surface area (Å²) in [4.78, 5) is 30.3. The van der Waals surface area contributed by atoms with E-state index in [0.29, 0.717) is 43.9 Å². The third kappa shape index (κ3) is 6.59. The van der Waals surface area contributed by atoms with E-state index in [-0.39, 0.29) is 59.5 Å². The molecule has 3 heterocycles. The molecule has 12 nitrogen and oxygen atoms in total. The highest BCUT2D eigenvalue weighted by Crippen LogP contribution is 2.63. The topological polar surface area (TPSA) is 198 Å². The van der Waals surface area contributed by atoms with Crippen LogP contribution in [0.25, 0.3) is 0 Å². The molecule has 0 radical (unpaired) electrons. The maximum Gasteiger partial charge on any atom is 0.187 e. The number of rotatable bonds is 4. The molecule has 9 aliphatic rings. The van der Waals surface area contributed by atoms with Gasteiger partial charge in [0.2, 0.25) is 0 Å². The van der Waals surface area contributed by atoms with Gasteiger partial charge in [0, 0.05) is 18.3 Å². The van der Waals surface area contributed by atoms with Crippen molar-refractivity contribution in [1.82, 2.24) is 10.6 Å². The zero-order valence-corrected chi connectivity index (χ0v) is 34.7. The van der Waals surface area contributed by atoms with E-state index >= 15 is 4.79 Å². The lowest BCUT2D eigenvalue weighted by Crippen LogP contribution is -2.79. The van der Waals surface area contributed by atoms with Crippen molar-refractivity contribution in [3.05, 3.63) is 23.5 Å². The summed E-state index contributed by atoms with van der Waals surface area (Å²) in [6.07, 6.45) is 10.5. The molecule has 57 heavy (non-hydrogen) atoms. The highest BCUT2D eigenvalue weighted by atomic mass is 33.1. The van der Waals surface area contributed by atoms with Gasteiger partial charge in [-0.2, -0.15) is 0 Å². The predicted molar refractivity (Wildman–Crippen MR) is 215 cm³/mol. The van der Waals surface area contributed by atoms with Crippen LogP contribution in [0.15, 0.2) is 23.5 Å². The van der Waals surface area contributed by atoms with Crippen LogP contribution in [0.1, 0.15) is 103 Å². The number of aliphatic hydroxyl groups excluding tert-OH is 5. The van der Waals surface area contributed by atoms with Gasteiger partial charge in [0.15, 0.2) is 12.1 Å². The molecule has 8 N–H and O–H groups in total.